The average molecular weight is 367 g/mol. The number of hydrogen-bond acceptors (Lipinski definition) is 4. The van der Waals surface area contributed by atoms with Crippen molar-refractivity contribution in [1.82, 2.24) is 9.80 Å². The molecular weight excluding hydrogens is 336 g/mol. The number of ether oxygens (including phenoxy) is 1. The van der Waals surface area contributed by atoms with Crippen molar-refractivity contribution in [2.24, 2.45) is 0 Å². The fourth-order valence-corrected chi connectivity index (χ4v) is 4.92. The van der Waals surface area contributed by atoms with E-state index in [-0.39, 0.29) is 6.10 Å². The summed E-state index contributed by atoms with van der Waals surface area (Å²) >= 11 is 0. The Labute approximate surface area is 162 Å². The van der Waals surface area contributed by atoms with Gasteiger partial charge in [0.2, 0.25) is 0 Å². The van der Waals surface area contributed by atoms with Crippen LogP contribution >= 0.6 is 0 Å². The monoisotopic (exact) mass is 366 g/mol. The van der Waals surface area contributed by atoms with Crippen molar-refractivity contribution in [3.63, 3.8) is 0 Å². The molecule has 0 radical (unpaired) electrons. The van der Waals surface area contributed by atoms with E-state index in [1.165, 1.54) is 25.7 Å². The zero-order chi connectivity index (χ0) is 18.1. The van der Waals surface area contributed by atoms with Crippen molar-refractivity contribution in [3.05, 3.63) is 59.0 Å². The van der Waals surface area contributed by atoms with Gasteiger partial charge < -0.3 is 9.15 Å². The lowest BCUT2D eigenvalue weighted by molar-refractivity contribution is 0.000551. The molecule has 4 heteroatoms. The first-order valence-corrected chi connectivity index (χ1v) is 10.6. The Morgan fingerprint density at radius 2 is 1.67 bits per heavy atom. The van der Waals surface area contributed by atoms with Crippen LogP contribution in [0.2, 0.25) is 0 Å². The molecule has 2 fully saturated rings. The number of hydrogen-bond donors (Lipinski definition) is 0. The summed E-state index contributed by atoms with van der Waals surface area (Å²) in [6.45, 7) is 6.38. The van der Waals surface area contributed by atoms with Gasteiger partial charge in [0.05, 0.1) is 6.54 Å². The minimum absolute atomic E-state index is 0.174. The van der Waals surface area contributed by atoms with Crippen LogP contribution in [0.1, 0.15) is 48.0 Å². The van der Waals surface area contributed by atoms with Gasteiger partial charge in [-0.05, 0) is 55.4 Å². The van der Waals surface area contributed by atoms with E-state index >= 15 is 0 Å². The second kappa shape index (κ2) is 7.78. The van der Waals surface area contributed by atoms with Gasteiger partial charge in [0.25, 0.3) is 0 Å². The number of piperazine rings is 1. The third kappa shape index (κ3) is 3.84. The van der Waals surface area contributed by atoms with Gasteiger partial charge in [-0.3, -0.25) is 9.80 Å². The molecule has 5 rings (SSSR count). The van der Waals surface area contributed by atoms with Gasteiger partial charge in [0.1, 0.15) is 17.6 Å². The minimum atomic E-state index is 0.174. The van der Waals surface area contributed by atoms with Crippen LogP contribution in [0.4, 0.5) is 0 Å². The molecule has 2 saturated heterocycles. The molecule has 1 atom stereocenters. The molecule has 1 aromatic heterocycles. The molecule has 1 aliphatic carbocycles. The topological polar surface area (TPSA) is 28.9 Å². The highest BCUT2D eigenvalue weighted by molar-refractivity contribution is 5.33. The highest BCUT2D eigenvalue weighted by Crippen LogP contribution is 2.30. The first-order valence-electron chi connectivity index (χ1n) is 10.6. The van der Waals surface area contributed by atoms with E-state index in [4.69, 9.17) is 9.15 Å². The SMILES string of the molecule is c1ccc2c(c1)CC(N1CCN(Cc3ccc(C4CCCCO4)o3)CC1)C2. The summed E-state index contributed by atoms with van der Waals surface area (Å²) in [6.07, 6.45) is 6.13. The lowest BCUT2D eigenvalue weighted by Gasteiger charge is -2.37. The van der Waals surface area contributed by atoms with E-state index in [1.54, 1.807) is 11.1 Å². The smallest absolute Gasteiger partial charge is 0.133 e. The van der Waals surface area contributed by atoms with Crippen molar-refractivity contribution in [2.75, 3.05) is 32.8 Å². The molecule has 0 saturated carbocycles. The Kier molecular flexibility index (Phi) is 5.04. The van der Waals surface area contributed by atoms with Crippen LogP contribution in [-0.2, 0) is 24.1 Å². The van der Waals surface area contributed by atoms with E-state index in [1.807, 2.05) is 0 Å². The Morgan fingerprint density at radius 1 is 0.889 bits per heavy atom. The molecule has 1 unspecified atom stereocenters. The fourth-order valence-electron chi connectivity index (χ4n) is 4.92. The van der Waals surface area contributed by atoms with Gasteiger partial charge in [0, 0.05) is 38.8 Å². The first kappa shape index (κ1) is 17.5. The summed E-state index contributed by atoms with van der Waals surface area (Å²) in [4.78, 5) is 5.23. The Bertz CT molecular complexity index is 732. The van der Waals surface area contributed by atoms with Crippen LogP contribution in [0.15, 0.2) is 40.8 Å². The zero-order valence-corrected chi connectivity index (χ0v) is 16.1. The lowest BCUT2D eigenvalue weighted by atomic mass is 10.1. The number of rotatable bonds is 4. The van der Waals surface area contributed by atoms with Crippen molar-refractivity contribution >= 4 is 0 Å². The fraction of sp³-hybridized carbons (Fsp3) is 0.565. The summed E-state index contributed by atoms with van der Waals surface area (Å²) in [7, 11) is 0. The molecule has 2 aliphatic heterocycles. The largest absolute Gasteiger partial charge is 0.462 e. The Balaban J connectivity index is 1.12. The quantitative estimate of drug-likeness (QED) is 0.823. The molecule has 0 amide bonds. The van der Waals surface area contributed by atoms with Gasteiger partial charge in [-0.25, -0.2) is 0 Å². The summed E-state index contributed by atoms with van der Waals surface area (Å²) in [5.41, 5.74) is 3.11. The third-order valence-electron chi connectivity index (χ3n) is 6.51. The molecule has 3 heterocycles. The van der Waals surface area contributed by atoms with E-state index in [9.17, 15) is 0 Å². The van der Waals surface area contributed by atoms with Crippen LogP contribution in [0.25, 0.3) is 0 Å². The summed E-state index contributed by atoms with van der Waals surface area (Å²) in [5, 5.41) is 0. The molecule has 4 nitrogen and oxygen atoms in total. The standard InChI is InChI=1S/C23H30N2O2/c1-2-6-19-16-20(15-18(19)5-1)25-12-10-24(11-13-25)17-21-8-9-23(27-21)22-7-3-4-14-26-22/h1-2,5-6,8-9,20,22H,3-4,7,10-17H2. The predicted octanol–water partition coefficient (Wildman–Crippen LogP) is 3.81. The first-order chi connectivity index (χ1) is 13.3. The van der Waals surface area contributed by atoms with Crippen LogP contribution in [-0.4, -0.2) is 48.6 Å². The maximum atomic E-state index is 6.11. The number of nitrogens with zero attached hydrogens (tertiary/aromatic N) is 2. The minimum Gasteiger partial charge on any atom is -0.462 e. The van der Waals surface area contributed by atoms with Crippen LogP contribution < -0.4 is 0 Å². The number of fused-ring (bicyclic) bond motifs is 1. The van der Waals surface area contributed by atoms with E-state index in [2.05, 4.69) is 46.2 Å². The summed E-state index contributed by atoms with van der Waals surface area (Å²) < 4.78 is 12.0. The van der Waals surface area contributed by atoms with E-state index < -0.39 is 0 Å². The maximum Gasteiger partial charge on any atom is 0.133 e. The highest BCUT2D eigenvalue weighted by atomic mass is 16.5. The van der Waals surface area contributed by atoms with Gasteiger partial charge in [0.15, 0.2) is 0 Å². The summed E-state index contributed by atoms with van der Waals surface area (Å²) in [5.74, 6) is 2.10. The number of furan rings is 1. The zero-order valence-electron chi connectivity index (χ0n) is 16.1. The Morgan fingerprint density at radius 3 is 2.37 bits per heavy atom. The molecule has 144 valence electrons. The van der Waals surface area contributed by atoms with Crippen molar-refractivity contribution < 1.29 is 9.15 Å². The second-order valence-corrected chi connectivity index (χ2v) is 8.30. The predicted molar refractivity (Wildman–Crippen MR) is 106 cm³/mol. The van der Waals surface area contributed by atoms with E-state index in [0.29, 0.717) is 6.04 Å². The van der Waals surface area contributed by atoms with E-state index in [0.717, 1.165) is 57.3 Å². The van der Waals surface area contributed by atoms with Crippen LogP contribution in [0.3, 0.4) is 0 Å². The molecule has 27 heavy (non-hydrogen) atoms. The van der Waals surface area contributed by atoms with Crippen LogP contribution in [0.5, 0.6) is 0 Å². The second-order valence-electron chi connectivity index (χ2n) is 8.30. The lowest BCUT2D eigenvalue weighted by Crippen LogP contribution is -2.50. The average Bonchev–Trinajstić information content (AvgIpc) is 3.36. The maximum absolute atomic E-state index is 6.11. The highest BCUT2D eigenvalue weighted by Gasteiger charge is 2.29. The van der Waals surface area contributed by atoms with Gasteiger partial charge in [-0.2, -0.15) is 0 Å². The van der Waals surface area contributed by atoms with Crippen molar-refractivity contribution in [3.8, 4) is 0 Å². The molecule has 0 spiro atoms. The molecule has 1 aromatic carbocycles. The number of benzene rings is 1. The normalized spacial score (nSPS) is 25.0. The van der Waals surface area contributed by atoms with Crippen molar-refractivity contribution in [1.29, 1.82) is 0 Å². The van der Waals surface area contributed by atoms with Gasteiger partial charge in [-0.1, -0.05) is 24.3 Å². The molecule has 0 bridgehead atoms. The molecule has 3 aliphatic rings. The van der Waals surface area contributed by atoms with Gasteiger partial charge in [-0.15, -0.1) is 0 Å². The Hall–Kier alpha value is -1.62. The van der Waals surface area contributed by atoms with Crippen LogP contribution in [0, 0.1) is 0 Å². The van der Waals surface area contributed by atoms with Crippen molar-refractivity contribution in [2.45, 2.75) is 50.8 Å². The van der Waals surface area contributed by atoms with Gasteiger partial charge >= 0.3 is 0 Å². The molecular formula is C23H30N2O2. The third-order valence-corrected chi connectivity index (χ3v) is 6.51. The molecule has 0 N–H and O–H groups in total. The summed E-state index contributed by atoms with van der Waals surface area (Å²) in [6, 6.07) is 13.9. The molecule has 2 aromatic rings.